The maximum Gasteiger partial charge on any atom is 0.279 e. The van der Waals surface area contributed by atoms with Crippen molar-refractivity contribution in [1.82, 2.24) is 14.0 Å². The lowest BCUT2D eigenvalue weighted by atomic mass is 10.3. The molecule has 0 fully saturated rings. The van der Waals surface area contributed by atoms with E-state index in [0.717, 1.165) is 9.87 Å². The Morgan fingerprint density at radius 3 is 2.94 bits per heavy atom. The van der Waals surface area contributed by atoms with Gasteiger partial charge < -0.3 is 0 Å². The fourth-order valence-corrected chi connectivity index (χ4v) is 2.02. The summed E-state index contributed by atoms with van der Waals surface area (Å²) in [5.41, 5.74) is 0.782. The molecule has 92 valence electrons. The molecular weight excluding hydrogens is 240 g/mol. The molecule has 0 bridgehead atoms. The van der Waals surface area contributed by atoms with Gasteiger partial charge in [-0.3, -0.25) is 4.98 Å². The Labute approximate surface area is 101 Å². The third-order valence-corrected chi connectivity index (χ3v) is 3.64. The van der Waals surface area contributed by atoms with E-state index in [9.17, 15) is 8.42 Å². The molecule has 0 spiro atoms. The van der Waals surface area contributed by atoms with Gasteiger partial charge in [-0.1, -0.05) is 6.07 Å². The molecule has 0 atom stereocenters. The molecule has 0 aliphatic heterocycles. The number of hydrogen-bond acceptors (Lipinski definition) is 4. The maximum atomic E-state index is 11.7. The highest BCUT2D eigenvalue weighted by Gasteiger charge is 2.16. The van der Waals surface area contributed by atoms with Gasteiger partial charge in [-0.15, -0.1) is 0 Å². The van der Waals surface area contributed by atoms with Gasteiger partial charge in [-0.2, -0.15) is 22.7 Å². The highest BCUT2D eigenvalue weighted by Crippen LogP contribution is 1.99. The van der Waals surface area contributed by atoms with Crippen LogP contribution in [-0.2, 0) is 16.8 Å². The average Bonchev–Trinajstić information content (AvgIpc) is 2.35. The van der Waals surface area contributed by atoms with E-state index in [2.05, 4.69) is 9.71 Å². The average molecular weight is 254 g/mol. The minimum Gasteiger partial charge on any atom is -0.264 e. The van der Waals surface area contributed by atoms with Gasteiger partial charge in [0.05, 0.1) is 6.07 Å². The zero-order valence-electron chi connectivity index (χ0n) is 9.50. The number of rotatable bonds is 6. The van der Waals surface area contributed by atoms with Crippen LogP contribution in [0, 0.1) is 11.3 Å². The molecule has 1 aromatic heterocycles. The first-order valence-electron chi connectivity index (χ1n) is 5.03. The highest BCUT2D eigenvalue weighted by atomic mass is 32.2. The first-order chi connectivity index (χ1) is 8.06. The predicted molar refractivity (Wildman–Crippen MR) is 62.9 cm³/mol. The Morgan fingerprint density at radius 1 is 1.59 bits per heavy atom. The molecule has 1 rings (SSSR count). The number of pyridine rings is 1. The first kappa shape index (κ1) is 13.6. The van der Waals surface area contributed by atoms with Gasteiger partial charge in [0.2, 0.25) is 0 Å². The van der Waals surface area contributed by atoms with Gasteiger partial charge >= 0.3 is 0 Å². The Kier molecular flexibility index (Phi) is 5.03. The molecule has 0 saturated heterocycles. The summed E-state index contributed by atoms with van der Waals surface area (Å²) in [4.78, 5) is 3.89. The van der Waals surface area contributed by atoms with Gasteiger partial charge in [0.25, 0.3) is 10.2 Å². The van der Waals surface area contributed by atoms with E-state index in [0.29, 0.717) is 0 Å². The van der Waals surface area contributed by atoms with E-state index >= 15 is 0 Å². The van der Waals surface area contributed by atoms with Crippen LogP contribution in [-0.4, -0.2) is 31.3 Å². The van der Waals surface area contributed by atoms with Crippen molar-refractivity contribution in [2.45, 2.75) is 13.0 Å². The summed E-state index contributed by atoms with van der Waals surface area (Å²) < 4.78 is 26.9. The summed E-state index contributed by atoms with van der Waals surface area (Å²) in [5.74, 6) is 0. The Morgan fingerprint density at radius 2 is 2.35 bits per heavy atom. The molecule has 0 aromatic carbocycles. The molecule has 0 aliphatic rings. The molecule has 0 aliphatic carbocycles. The molecule has 0 radical (unpaired) electrons. The standard InChI is InChI=1S/C10H14N4O2S/c1-14(7-3-5-11)17(15,16)13-9-10-4-2-6-12-8-10/h2,4,6,8,13H,3,7,9H2,1H3. The maximum absolute atomic E-state index is 11.7. The molecule has 17 heavy (non-hydrogen) atoms. The number of nitriles is 1. The second-order valence-electron chi connectivity index (χ2n) is 3.42. The molecule has 6 nitrogen and oxygen atoms in total. The van der Waals surface area contributed by atoms with Gasteiger partial charge in [0, 0.05) is 39.0 Å². The van der Waals surface area contributed by atoms with E-state index in [4.69, 9.17) is 5.26 Å². The van der Waals surface area contributed by atoms with Gasteiger partial charge in [0.15, 0.2) is 0 Å². The monoisotopic (exact) mass is 254 g/mol. The van der Waals surface area contributed by atoms with Crippen LogP contribution in [0.1, 0.15) is 12.0 Å². The smallest absolute Gasteiger partial charge is 0.264 e. The molecule has 1 aromatic rings. The van der Waals surface area contributed by atoms with Crippen molar-refractivity contribution in [3.63, 3.8) is 0 Å². The molecule has 1 heterocycles. The SMILES string of the molecule is CN(CCC#N)S(=O)(=O)NCc1cccnc1. The van der Waals surface area contributed by atoms with Crippen LogP contribution in [0.5, 0.6) is 0 Å². The van der Waals surface area contributed by atoms with Crippen molar-refractivity contribution < 1.29 is 8.42 Å². The zero-order chi connectivity index (χ0) is 12.7. The number of nitrogens with one attached hydrogen (secondary N) is 1. The normalized spacial score (nSPS) is 11.4. The number of hydrogen-bond donors (Lipinski definition) is 1. The van der Waals surface area contributed by atoms with Gasteiger partial charge in [-0.05, 0) is 11.6 Å². The molecule has 1 N–H and O–H groups in total. The van der Waals surface area contributed by atoms with Gasteiger partial charge in [-0.25, -0.2) is 0 Å². The minimum atomic E-state index is -3.53. The van der Waals surface area contributed by atoms with Crippen LogP contribution in [0.4, 0.5) is 0 Å². The quantitative estimate of drug-likeness (QED) is 0.789. The van der Waals surface area contributed by atoms with E-state index in [1.54, 1.807) is 24.5 Å². The third-order valence-electron chi connectivity index (χ3n) is 2.13. The minimum absolute atomic E-state index is 0.171. The predicted octanol–water partition coefficient (Wildman–Crippen LogP) is 0.261. The van der Waals surface area contributed by atoms with E-state index in [1.807, 2.05) is 6.07 Å². The summed E-state index contributed by atoms with van der Waals surface area (Å²) in [6.45, 7) is 0.367. The lowest BCUT2D eigenvalue weighted by Crippen LogP contribution is -2.38. The second kappa shape index (κ2) is 6.30. The van der Waals surface area contributed by atoms with E-state index in [1.165, 1.54) is 7.05 Å². The van der Waals surface area contributed by atoms with E-state index < -0.39 is 10.2 Å². The summed E-state index contributed by atoms with van der Waals surface area (Å²) in [6, 6.07) is 5.42. The summed E-state index contributed by atoms with van der Waals surface area (Å²) >= 11 is 0. The fraction of sp³-hybridized carbons (Fsp3) is 0.400. The lowest BCUT2D eigenvalue weighted by molar-refractivity contribution is 0.464. The zero-order valence-corrected chi connectivity index (χ0v) is 10.3. The van der Waals surface area contributed by atoms with Crippen LogP contribution >= 0.6 is 0 Å². The molecular formula is C10H14N4O2S. The van der Waals surface area contributed by atoms with Crippen LogP contribution < -0.4 is 4.72 Å². The van der Waals surface area contributed by atoms with Crippen LogP contribution in [0.25, 0.3) is 0 Å². The highest BCUT2D eigenvalue weighted by molar-refractivity contribution is 7.87. The molecule has 0 unspecified atom stereocenters. The van der Waals surface area contributed by atoms with Crippen molar-refractivity contribution in [3.8, 4) is 6.07 Å². The third kappa shape index (κ3) is 4.48. The number of nitrogens with zero attached hydrogens (tertiary/aromatic N) is 3. The van der Waals surface area contributed by atoms with Crippen molar-refractivity contribution in [2.75, 3.05) is 13.6 Å². The Bertz CT molecular complexity index is 481. The van der Waals surface area contributed by atoms with Crippen molar-refractivity contribution in [1.29, 1.82) is 5.26 Å². The molecule has 7 heteroatoms. The van der Waals surface area contributed by atoms with E-state index in [-0.39, 0.29) is 19.5 Å². The first-order valence-corrected chi connectivity index (χ1v) is 6.47. The van der Waals surface area contributed by atoms with Crippen molar-refractivity contribution in [2.24, 2.45) is 0 Å². The van der Waals surface area contributed by atoms with Crippen LogP contribution in [0.15, 0.2) is 24.5 Å². The van der Waals surface area contributed by atoms with Crippen LogP contribution in [0.2, 0.25) is 0 Å². The van der Waals surface area contributed by atoms with Crippen molar-refractivity contribution in [3.05, 3.63) is 30.1 Å². The largest absolute Gasteiger partial charge is 0.279 e. The van der Waals surface area contributed by atoms with Gasteiger partial charge in [0.1, 0.15) is 0 Å². The van der Waals surface area contributed by atoms with Crippen molar-refractivity contribution >= 4 is 10.2 Å². The fourth-order valence-electron chi connectivity index (χ4n) is 1.12. The summed E-state index contributed by atoms with van der Waals surface area (Å²) in [7, 11) is -2.09. The van der Waals surface area contributed by atoms with Crippen LogP contribution in [0.3, 0.4) is 0 Å². The summed E-state index contributed by atoms with van der Waals surface area (Å²) in [6.07, 6.45) is 3.39. The topological polar surface area (TPSA) is 86.1 Å². The summed E-state index contributed by atoms with van der Waals surface area (Å²) in [5, 5.41) is 8.39. The lowest BCUT2D eigenvalue weighted by Gasteiger charge is -2.16. The molecule has 0 saturated carbocycles. The Balaban J connectivity index is 2.53. The number of aromatic nitrogens is 1. The molecule has 0 amide bonds. The Hall–Kier alpha value is -1.49. The second-order valence-corrected chi connectivity index (χ2v) is 5.28.